The molecular formula is C15H18N6O2. The Bertz CT molecular complexity index is 754. The molecule has 0 aromatic carbocycles. The molecule has 0 bridgehead atoms. The van der Waals surface area contributed by atoms with Crippen molar-refractivity contribution in [3.63, 3.8) is 0 Å². The van der Waals surface area contributed by atoms with E-state index in [2.05, 4.69) is 44.3 Å². The summed E-state index contributed by atoms with van der Waals surface area (Å²) in [4.78, 5) is 26.0. The van der Waals surface area contributed by atoms with E-state index < -0.39 is 4.92 Å². The van der Waals surface area contributed by atoms with Gasteiger partial charge in [-0.25, -0.2) is 15.0 Å². The second kappa shape index (κ2) is 6.15. The zero-order valence-corrected chi connectivity index (χ0v) is 13.0. The van der Waals surface area contributed by atoms with Crippen LogP contribution in [0.2, 0.25) is 0 Å². The van der Waals surface area contributed by atoms with Crippen LogP contribution in [0.25, 0.3) is 11.5 Å². The quantitative estimate of drug-likeness (QED) is 0.510. The third-order valence-corrected chi connectivity index (χ3v) is 4.03. The predicted octanol–water partition coefficient (Wildman–Crippen LogP) is 2.85. The number of hydrogen-bond acceptors (Lipinski definition) is 6. The SMILES string of the molecule is Cc1nc(-c2c[nH]c(N[C@@H]3CC=CC[C@H]3C)n2)ncc1[N+](=O)[O-]. The number of allylic oxidation sites excluding steroid dienone is 1. The first-order chi connectivity index (χ1) is 11.0. The fourth-order valence-electron chi connectivity index (χ4n) is 2.60. The molecule has 0 spiro atoms. The number of nitrogens with one attached hydrogen (secondary N) is 2. The number of aryl methyl sites for hydroxylation is 1. The number of aromatic amines is 1. The summed E-state index contributed by atoms with van der Waals surface area (Å²) in [5.41, 5.74) is 0.790. The lowest BCUT2D eigenvalue weighted by Crippen LogP contribution is -2.28. The summed E-state index contributed by atoms with van der Waals surface area (Å²) in [6.07, 6.45) is 9.30. The van der Waals surface area contributed by atoms with Crippen molar-refractivity contribution in [2.75, 3.05) is 5.32 Å². The minimum Gasteiger partial charge on any atom is -0.352 e. The summed E-state index contributed by atoms with van der Waals surface area (Å²) >= 11 is 0. The highest BCUT2D eigenvalue weighted by Gasteiger charge is 2.20. The summed E-state index contributed by atoms with van der Waals surface area (Å²) in [6, 6.07) is 0.332. The number of aromatic nitrogens is 4. The van der Waals surface area contributed by atoms with Gasteiger partial charge in [0.25, 0.3) is 0 Å². The Balaban J connectivity index is 1.78. The molecule has 1 aliphatic rings. The van der Waals surface area contributed by atoms with Crippen molar-refractivity contribution in [1.29, 1.82) is 0 Å². The Morgan fingerprint density at radius 2 is 2.13 bits per heavy atom. The van der Waals surface area contributed by atoms with Gasteiger partial charge in [-0.2, -0.15) is 0 Å². The van der Waals surface area contributed by atoms with Crippen LogP contribution in [-0.2, 0) is 0 Å². The predicted molar refractivity (Wildman–Crippen MR) is 86.0 cm³/mol. The molecule has 0 unspecified atom stereocenters. The van der Waals surface area contributed by atoms with E-state index in [0.717, 1.165) is 12.8 Å². The summed E-state index contributed by atoms with van der Waals surface area (Å²) in [5.74, 6) is 1.56. The fraction of sp³-hybridized carbons (Fsp3) is 0.400. The van der Waals surface area contributed by atoms with Crippen LogP contribution in [-0.4, -0.2) is 30.9 Å². The molecule has 2 aromatic rings. The van der Waals surface area contributed by atoms with Gasteiger partial charge in [0.2, 0.25) is 5.95 Å². The van der Waals surface area contributed by atoms with Crippen molar-refractivity contribution in [2.24, 2.45) is 5.92 Å². The number of rotatable bonds is 4. The van der Waals surface area contributed by atoms with E-state index in [4.69, 9.17) is 0 Å². The lowest BCUT2D eigenvalue weighted by Gasteiger charge is -2.25. The van der Waals surface area contributed by atoms with Crippen LogP contribution in [0.1, 0.15) is 25.5 Å². The largest absolute Gasteiger partial charge is 0.352 e. The second-order valence-corrected chi connectivity index (χ2v) is 5.73. The summed E-state index contributed by atoms with van der Waals surface area (Å²) in [5, 5.41) is 14.2. The molecule has 0 aliphatic heterocycles. The molecular weight excluding hydrogens is 296 g/mol. The van der Waals surface area contributed by atoms with Gasteiger partial charge in [0.1, 0.15) is 17.6 Å². The van der Waals surface area contributed by atoms with E-state index in [1.807, 2.05) is 0 Å². The van der Waals surface area contributed by atoms with E-state index in [-0.39, 0.29) is 5.69 Å². The molecule has 2 N–H and O–H groups in total. The first-order valence-electron chi connectivity index (χ1n) is 7.50. The van der Waals surface area contributed by atoms with Crippen LogP contribution in [0.5, 0.6) is 0 Å². The Morgan fingerprint density at radius 3 is 2.83 bits per heavy atom. The maximum Gasteiger partial charge on any atom is 0.308 e. The molecule has 0 saturated heterocycles. The minimum atomic E-state index is -0.491. The molecule has 2 aromatic heterocycles. The molecule has 2 heterocycles. The zero-order valence-electron chi connectivity index (χ0n) is 13.0. The summed E-state index contributed by atoms with van der Waals surface area (Å²) < 4.78 is 0. The Hall–Kier alpha value is -2.77. The second-order valence-electron chi connectivity index (χ2n) is 5.73. The van der Waals surface area contributed by atoms with Crippen LogP contribution in [0.15, 0.2) is 24.5 Å². The molecule has 0 fully saturated rings. The molecule has 0 saturated carbocycles. The minimum absolute atomic E-state index is 0.0922. The number of nitrogens with zero attached hydrogens (tertiary/aromatic N) is 4. The number of imidazole rings is 1. The Morgan fingerprint density at radius 1 is 1.35 bits per heavy atom. The van der Waals surface area contributed by atoms with Crippen molar-refractivity contribution in [1.82, 2.24) is 19.9 Å². The molecule has 8 heteroatoms. The average molecular weight is 314 g/mol. The molecule has 8 nitrogen and oxygen atoms in total. The average Bonchev–Trinajstić information content (AvgIpc) is 2.98. The van der Waals surface area contributed by atoms with Crippen molar-refractivity contribution < 1.29 is 4.92 Å². The van der Waals surface area contributed by atoms with Gasteiger partial charge in [0.05, 0.1) is 4.92 Å². The standard InChI is InChI=1S/C15H18N6O2/c1-9-5-3-4-6-11(9)19-15-17-7-12(20-15)14-16-8-13(21(22)23)10(2)18-14/h3-4,7-9,11H,5-6H2,1-2H3,(H2,17,19,20)/t9-,11-/m1/s1. The molecule has 3 rings (SSSR count). The van der Waals surface area contributed by atoms with Gasteiger partial charge in [-0.1, -0.05) is 19.1 Å². The summed E-state index contributed by atoms with van der Waals surface area (Å²) in [7, 11) is 0. The highest BCUT2D eigenvalue weighted by molar-refractivity contribution is 5.53. The lowest BCUT2D eigenvalue weighted by molar-refractivity contribution is -0.386. The number of nitro groups is 1. The van der Waals surface area contributed by atoms with Gasteiger partial charge in [-0.3, -0.25) is 10.1 Å². The van der Waals surface area contributed by atoms with E-state index in [1.165, 1.54) is 6.20 Å². The van der Waals surface area contributed by atoms with Crippen LogP contribution in [0, 0.1) is 23.0 Å². The lowest BCUT2D eigenvalue weighted by atomic mass is 9.91. The Kier molecular flexibility index (Phi) is 4.05. The number of anilines is 1. The molecule has 2 atom stereocenters. The maximum absolute atomic E-state index is 10.8. The van der Waals surface area contributed by atoms with E-state index in [1.54, 1.807) is 13.1 Å². The van der Waals surface area contributed by atoms with Crippen LogP contribution in [0.4, 0.5) is 11.6 Å². The van der Waals surface area contributed by atoms with Gasteiger partial charge in [-0.05, 0) is 25.7 Å². The highest BCUT2D eigenvalue weighted by atomic mass is 16.6. The van der Waals surface area contributed by atoms with E-state index in [9.17, 15) is 10.1 Å². The van der Waals surface area contributed by atoms with Gasteiger partial charge in [0.15, 0.2) is 5.82 Å². The first-order valence-corrected chi connectivity index (χ1v) is 7.50. The molecule has 23 heavy (non-hydrogen) atoms. The van der Waals surface area contributed by atoms with Crippen LogP contribution in [0.3, 0.4) is 0 Å². The van der Waals surface area contributed by atoms with Crippen molar-refractivity contribution >= 4 is 11.6 Å². The third-order valence-electron chi connectivity index (χ3n) is 4.03. The topological polar surface area (TPSA) is 110 Å². The fourth-order valence-corrected chi connectivity index (χ4v) is 2.60. The van der Waals surface area contributed by atoms with Crippen molar-refractivity contribution in [3.8, 4) is 11.5 Å². The van der Waals surface area contributed by atoms with Crippen LogP contribution < -0.4 is 5.32 Å². The molecule has 0 amide bonds. The molecule has 120 valence electrons. The zero-order chi connectivity index (χ0) is 16.4. The summed E-state index contributed by atoms with van der Waals surface area (Å²) in [6.45, 7) is 3.79. The molecule has 0 radical (unpaired) electrons. The van der Waals surface area contributed by atoms with Gasteiger partial charge in [0, 0.05) is 12.2 Å². The van der Waals surface area contributed by atoms with Crippen molar-refractivity contribution in [3.05, 3.63) is 40.4 Å². The maximum atomic E-state index is 10.8. The van der Waals surface area contributed by atoms with Gasteiger partial charge in [-0.15, -0.1) is 0 Å². The molecule has 1 aliphatic carbocycles. The highest BCUT2D eigenvalue weighted by Crippen LogP contribution is 2.23. The van der Waals surface area contributed by atoms with Crippen molar-refractivity contribution in [2.45, 2.75) is 32.7 Å². The number of H-pyrrole nitrogens is 1. The van der Waals surface area contributed by atoms with E-state index >= 15 is 0 Å². The Labute approximate surface area is 133 Å². The number of hydrogen-bond donors (Lipinski definition) is 2. The third kappa shape index (κ3) is 3.20. The normalized spacial score (nSPS) is 20.4. The van der Waals surface area contributed by atoms with Gasteiger partial charge >= 0.3 is 5.69 Å². The smallest absolute Gasteiger partial charge is 0.308 e. The van der Waals surface area contributed by atoms with Crippen LogP contribution >= 0.6 is 0 Å². The van der Waals surface area contributed by atoms with E-state index in [0.29, 0.717) is 35.1 Å². The van der Waals surface area contributed by atoms with Gasteiger partial charge < -0.3 is 10.3 Å². The monoisotopic (exact) mass is 314 g/mol. The first kappa shape index (κ1) is 15.1.